The Morgan fingerprint density at radius 2 is 1.95 bits per heavy atom. The fraction of sp³-hybridized carbons (Fsp3) is 0.267. The number of benzene rings is 1. The molecule has 0 saturated heterocycles. The van der Waals surface area contributed by atoms with Crippen LogP contribution in [-0.4, -0.2) is 54.2 Å². The Hall–Kier alpha value is -4.67. The number of alkyl halides is 3. The second-order valence-electron chi connectivity index (χ2n) is 9.25. The summed E-state index contributed by atoms with van der Waals surface area (Å²) in [5.74, 6) is -0.617. The normalized spacial score (nSPS) is 12.1. The molecule has 1 aromatic carbocycles. The minimum atomic E-state index is -4.76. The predicted molar refractivity (Wildman–Crippen MR) is 155 cm³/mol. The average molecular weight is 567 g/mol. The molecular weight excluding hydrogens is 533 g/mol. The van der Waals surface area contributed by atoms with Crippen molar-refractivity contribution in [1.29, 1.82) is 0 Å². The molecule has 11 heteroatoms. The van der Waals surface area contributed by atoms with Gasteiger partial charge in [-0.2, -0.15) is 0 Å². The van der Waals surface area contributed by atoms with Gasteiger partial charge in [0, 0.05) is 48.6 Å². The Morgan fingerprint density at radius 3 is 2.63 bits per heavy atom. The lowest BCUT2D eigenvalue weighted by molar-refractivity contribution is -0.274. The van der Waals surface area contributed by atoms with E-state index >= 15 is 0 Å². The Bertz CT molecular complexity index is 1400. The van der Waals surface area contributed by atoms with Gasteiger partial charge in [0.2, 0.25) is 0 Å². The van der Waals surface area contributed by atoms with Crippen LogP contribution in [0.3, 0.4) is 0 Å². The number of carbonyl (C=O) groups excluding carboxylic acids is 1. The molecule has 2 aromatic heterocycles. The van der Waals surface area contributed by atoms with Crippen LogP contribution in [0.15, 0.2) is 82.3 Å². The number of allylic oxidation sites excluding steroid dienone is 1. The molecule has 0 radical (unpaired) electrons. The van der Waals surface area contributed by atoms with Crippen molar-refractivity contribution in [1.82, 2.24) is 20.2 Å². The molecule has 0 fully saturated rings. The van der Waals surface area contributed by atoms with Gasteiger partial charge in [0.25, 0.3) is 5.91 Å². The quantitative estimate of drug-likeness (QED) is 0.136. The fourth-order valence-electron chi connectivity index (χ4n) is 3.99. The average Bonchev–Trinajstić information content (AvgIpc) is 3.31. The van der Waals surface area contributed by atoms with E-state index in [0.29, 0.717) is 30.8 Å². The standard InChI is InChI=1S/C30H33F3N6O2/c1-21-23(18-27(38-21)22-10-9-13-26(17-22)41-30(31,32)33)16-24(34-2)11-6-8-15-39(4)20-28(35-3)29(40)37-19-25-12-5-7-14-36-25/h5,7,9-10,12-14,16-18,20,38H,2-3,6,8,11,15,19H2,1,4H3,(H,37,40)/b24-16-,28-20-. The SMILES string of the molecule is C=N/C(=C\c1cc(-c2cccc(OC(F)(F)F)c2)[nH]c1C)CCCCN(C)/C=C(\N=C)C(=O)NCc1ccccn1. The zero-order chi connectivity index (χ0) is 29.8. The van der Waals surface area contributed by atoms with Crippen molar-refractivity contribution in [2.45, 2.75) is 39.1 Å². The van der Waals surface area contributed by atoms with Crippen LogP contribution in [0.1, 0.15) is 36.2 Å². The number of ether oxygens (including phenoxy) is 1. The molecule has 0 atom stereocenters. The maximum Gasteiger partial charge on any atom is 0.573 e. The molecule has 3 aromatic rings. The Labute approximate surface area is 237 Å². The molecule has 2 heterocycles. The number of aromatic nitrogens is 2. The van der Waals surface area contributed by atoms with E-state index in [9.17, 15) is 18.0 Å². The minimum Gasteiger partial charge on any atom is -0.406 e. The topological polar surface area (TPSA) is 95.0 Å². The highest BCUT2D eigenvalue weighted by molar-refractivity contribution is 5.93. The number of aryl methyl sites for hydroxylation is 1. The van der Waals surface area contributed by atoms with E-state index in [0.717, 1.165) is 35.5 Å². The zero-order valence-corrected chi connectivity index (χ0v) is 23.0. The molecule has 0 spiro atoms. The van der Waals surface area contributed by atoms with Crippen molar-refractivity contribution < 1.29 is 22.7 Å². The van der Waals surface area contributed by atoms with Gasteiger partial charge in [-0.15, -0.1) is 13.2 Å². The number of nitrogens with one attached hydrogen (secondary N) is 2. The number of halogens is 3. The van der Waals surface area contributed by atoms with Gasteiger partial charge in [-0.3, -0.25) is 19.8 Å². The van der Waals surface area contributed by atoms with Gasteiger partial charge in [-0.05, 0) is 81.6 Å². The van der Waals surface area contributed by atoms with Gasteiger partial charge in [-0.1, -0.05) is 18.2 Å². The molecule has 0 unspecified atom stereocenters. The predicted octanol–water partition coefficient (Wildman–Crippen LogP) is 6.29. The van der Waals surface area contributed by atoms with Crippen LogP contribution < -0.4 is 10.1 Å². The first-order chi connectivity index (χ1) is 19.6. The number of hydrogen-bond acceptors (Lipinski definition) is 6. The van der Waals surface area contributed by atoms with Crippen molar-refractivity contribution in [3.63, 3.8) is 0 Å². The number of aliphatic imine (C=N–C) groups is 2. The van der Waals surface area contributed by atoms with E-state index < -0.39 is 6.36 Å². The summed E-state index contributed by atoms with van der Waals surface area (Å²) in [6.07, 6.45) is 2.79. The summed E-state index contributed by atoms with van der Waals surface area (Å²) in [4.78, 5) is 29.7. The zero-order valence-electron chi connectivity index (χ0n) is 23.0. The number of carbonyl (C=O) groups is 1. The lowest BCUT2D eigenvalue weighted by atomic mass is 10.1. The first-order valence-corrected chi connectivity index (χ1v) is 12.9. The third-order valence-corrected chi connectivity index (χ3v) is 6.05. The lowest BCUT2D eigenvalue weighted by Crippen LogP contribution is -2.26. The second kappa shape index (κ2) is 14.6. The van der Waals surface area contributed by atoms with Gasteiger partial charge >= 0.3 is 6.36 Å². The number of rotatable bonds is 14. The van der Waals surface area contributed by atoms with Crippen LogP contribution in [0.25, 0.3) is 17.3 Å². The fourth-order valence-corrected chi connectivity index (χ4v) is 3.99. The molecular formula is C30H33F3N6O2. The third kappa shape index (κ3) is 10.1. The van der Waals surface area contributed by atoms with E-state index in [1.807, 2.05) is 49.2 Å². The van der Waals surface area contributed by atoms with Crippen LogP contribution >= 0.6 is 0 Å². The minimum absolute atomic E-state index is 0.214. The van der Waals surface area contributed by atoms with Gasteiger partial charge in [0.15, 0.2) is 0 Å². The number of nitrogens with zero attached hydrogens (tertiary/aromatic N) is 4. The number of amides is 1. The number of hydrogen-bond donors (Lipinski definition) is 2. The monoisotopic (exact) mass is 566 g/mol. The summed E-state index contributed by atoms with van der Waals surface area (Å²) in [6, 6.07) is 13.1. The van der Waals surface area contributed by atoms with Gasteiger partial charge in [-0.25, -0.2) is 0 Å². The summed E-state index contributed by atoms with van der Waals surface area (Å²) in [5.41, 5.74) is 4.68. The van der Waals surface area contributed by atoms with Crippen LogP contribution in [-0.2, 0) is 11.3 Å². The van der Waals surface area contributed by atoms with Crippen LogP contribution in [0.5, 0.6) is 5.75 Å². The molecule has 1 amide bonds. The molecule has 2 N–H and O–H groups in total. The van der Waals surface area contributed by atoms with Gasteiger partial charge in [0.05, 0.1) is 12.2 Å². The molecule has 0 aliphatic rings. The summed E-state index contributed by atoms with van der Waals surface area (Å²) in [7, 11) is 1.86. The Balaban J connectivity index is 1.53. The summed E-state index contributed by atoms with van der Waals surface area (Å²) >= 11 is 0. The number of aromatic amines is 1. The molecule has 0 bridgehead atoms. The van der Waals surface area contributed by atoms with E-state index in [4.69, 9.17) is 0 Å². The van der Waals surface area contributed by atoms with E-state index in [1.165, 1.54) is 18.2 Å². The van der Waals surface area contributed by atoms with Crippen molar-refractivity contribution in [2.24, 2.45) is 9.98 Å². The highest BCUT2D eigenvalue weighted by Gasteiger charge is 2.31. The van der Waals surface area contributed by atoms with Crippen LogP contribution in [0, 0.1) is 6.92 Å². The highest BCUT2D eigenvalue weighted by atomic mass is 19.4. The summed E-state index contributed by atoms with van der Waals surface area (Å²) in [5, 5.41) is 2.79. The largest absolute Gasteiger partial charge is 0.573 e. The van der Waals surface area contributed by atoms with Crippen LogP contribution in [0.2, 0.25) is 0 Å². The van der Waals surface area contributed by atoms with Crippen molar-refractivity contribution in [3.8, 4) is 17.0 Å². The molecule has 41 heavy (non-hydrogen) atoms. The lowest BCUT2D eigenvalue weighted by Gasteiger charge is -2.15. The van der Waals surface area contributed by atoms with Crippen molar-refractivity contribution in [2.75, 3.05) is 13.6 Å². The molecule has 216 valence electrons. The van der Waals surface area contributed by atoms with Crippen LogP contribution in [0.4, 0.5) is 13.2 Å². The molecule has 8 nitrogen and oxygen atoms in total. The second-order valence-corrected chi connectivity index (χ2v) is 9.25. The highest BCUT2D eigenvalue weighted by Crippen LogP contribution is 2.29. The van der Waals surface area contributed by atoms with Gasteiger partial charge in [0.1, 0.15) is 11.4 Å². The van der Waals surface area contributed by atoms with E-state index in [2.05, 4.69) is 43.4 Å². The first kappa shape index (κ1) is 30.9. The van der Waals surface area contributed by atoms with Gasteiger partial charge < -0.3 is 19.9 Å². The molecule has 0 saturated carbocycles. The van der Waals surface area contributed by atoms with Crippen molar-refractivity contribution >= 4 is 25.4 Å². The summed E-state index contributed by atoms with van der Waals surface area (Å²) in [6.45, 7) is 10.0. The smallest absolute Gasteiger partial charge is 0.406 e. The molecule has 0 aliphatic heterocycles. The number of H-pyrrole nitrogens is 1. The number of unbranched alkanes of at least 4 members (excludes halogenated alkanes) is 1. The molecule has 0 aliphatic carbocycles. The molecule has 3 rings (SSSR count). The maximum absolute atomic E-state index is 12.6. The number of pyridine rings is 1. The Kier molecular flexibility index (Phi) is 11.0. The third-order valence-electron chi connectivity index (χ3n) is 6.05. The first-order valence-electron chi connectivity index (χ1n) is 12.9. The van der Waals surface area contributed by atoms with Crippen molar-refractivity contribution in [3.05, 3.63) is 89.3 Å². The Morgan fingerprint density at radius 1 is 1.15 bits per heavy atom. The summed E-state index contributed by atoms with van der Waals surface area (Å²) < 4.78 is 41.8. The van der Waals surface area contributed by atoms with E-state index in [-0.39, 0.29) is 17.4 Å². The van der Waals surface area contributed by atoms with E-state index in [1.54, 1.807) is 18.5 Å². The maximum atomic E-state index is 12.6.